The third-order valence-corrected chi connectivity index (χ3v) is 1.74. The zero-order valence-corrected chi connectivity index (χ0v) is 7.44. The summed E-state index contributed by atoms with van der Waals surface area (Å²) in [5.41, 5.74) is 0.937. The SMILES string of the molecule is Clc1cnc(-c2ccccc2)nn1. The molecule has 0 amide bonds. The monoisotopic (exact) mass is 191 g/mol. The Hall–Kier alpha value is -1.48. The zero-order valence-electron chi connectivity index (χ0n) is 6.68. The van der Waals surface area contributed by atoms with Gasteiger partial charge < -0.3 is 0 Å². The first-order valence-corrected chi connectivity index (χ1v) is 4.15. The fourth-order valence-corrected chi connectivity index (χ4v) is 1.07. The summed E-state index contributed by atoms with van der Waals surface area (Å²) < 4.78 is 0. The fourth-order valence-electron chi connectivity index (χ4n) is 0.981. The third kappa shape index (κ3) is 1.81. The highest BCUT2D eigenvalue weighted by molar-refractivity contribution is 6.29. The predicted molar refractivity (Wildman–Crippen MR) is 50.3 cm³/mol. The molecule has 2 aromatic rings. The number of hydrogen-bond acceptors (Lipinski definition) is 3. The number of nitrogens with zero attached hydrogens (tertiary/aromatic N) is 3. The molecule has 2 rings (SSSR count). The van der Waals surface area contributed by atoms with Crippen LogP contribution in [0.4, 0.5) is 0 Å². The summed E-state index contributed by atoms with van der Waals surface area (Å²) in [6, 6.07) is 9.63. The molecule has 4 heteroatoms. The molecule has 0 unspecified atom stereocenters. The molecule has 1 heterocycles. The average Bonchev–Trinajstić information content (AvgIpc) is 2.20. The molecule has 1 aromatic heterocycles. The molecule has 0 spiro atoms. The Morgan fingerprint density at radius 3 is 2.38 bits per heavy atom. The molecule has 0 radical (unpaired) electrons. The van der Waals surface area contributed by atoms with Gasteiger partial charge in [-0.1, -0.05) is 41.9 Å². The van der Waals surface area contributed by atoms with Gasteiger partial charge in [-0.2, -0.15) is 0 Å². The summed E-state index contributed by atoms with van der Waals surface area (Å²) in [6.07, 6.45) is 1.48. The molecule has 0 aliphatic carbocycles. The van der Waals surface area contributed by atoms with Crippen molar-refractivity contribution in [3.8, 4) is 11.4 Å². The standard InChI is InChI=1S/C9H6ClN3/c10-8-6-11-9(13-12-8)7-4-2-1-3-5-7/h1-6H. The summed E-state index contributed by atoms with van der Waals surface area (Å²) in [5.74, 6) is 0.588. The highest BCUT2D eigenvalue weighted by Crippen LogP contribution is 2.12. The molecule has 3 nitrogen and oxygen atoms in total. The topological polar surface area (TPSA) is 38.7 Å². The third-order valence-electron chi connectivity index (χ3n) is 1.57. The second-order valence-electron chi connectivity index (χ2n) is 2.47. The van der Waals surface area contributed by atoms with E-state index in [9.17, 15) is 0 Å². The first kappa shape index (κ1) is 8.13. The predicted octanol–water partition coefficient (Wildman–Crippen LogP) is 2.19. The smallest absolute Gasteiger partial charge is 0.181 e. The van der Waals surface area contributed by atoms with E-state index >= 15 is 0 Å². The van der Waals surface area contributed by atoms with Crippen molar-refractivity contribution in [2.24, 2.45) is 0 Å². The molecule has 1 aromatic carbocycles. The minimum atomic E-state index is 0.305. The van der Waals surface area contributed by atoms with Crippen molar-refractivity contribution < 1.29 is 0 Å². The maximum atomic E-state index is 5.56. The Morgan fingerprint density at radius 2 is 1.77 bits per heavy atom. The molecule has 0 N–H and O–H groups in total. The van der Waals surface area contributed by atoms with Crippen LogP contribution in [-0.4, -0.2) is 15.2 Å². The first-order valence-electron chi connectivity index (χ1n) is 3.77. The van der Waals surface area contributed by atoms with Crippen LogP contribution in [0.1, 0.15) is 0 Å². The molecule has 0 saturated carbocycles. The number of benzene rings is 1. The number of rotatable bonds is 1. The van der Waals surface area contributed by atoms with Gasteiger partial charge in [-0.25, -0.2) is 4.98 Å². The molecule has 0 fully saturated rings. The van der Waals surface area contributed by atoms with Crippen LogP contribution in [0.25, 0.3) is 11.4 Å². The summed E-state index contributed by atoms with van der Waals surface area (Å²) in [6.45, 7) is 0. The Bertz CT molecular complexity index is 385. The van der Waals surface area contributed by atoms with Crippen molar-refractivity contribution >= 4 is 11.6 Å². The molecule has 0 saturated heterocycles. The number of hydrogen-bond donors (Lipinski definition) is 0. The summed E-state index contributed by atoms with van der Waals surface area (Å²) in [4.78, 5) is 4.04. The largest absolute Gasteiger partial charge is 0.232 e. The van der Waals surface area contributed by atoms with Gasteiger partial charge in [0, 0.05) is 5.56 Å². The van der Waals surface area contributed by atoms with Crippen LogP contribution in [0.5, 0.6) is 0 Å². The van der Waals surface area contributed by atoms with E-state index in [1.54, 1.807) is 0 Å². The lowest BCUT2D eigenvalue weighted by molar-refractivity contribution is 0.980. The van der Waals surface area contributed by atoms with Crippen LogP contribution in [0.15, 0.2) is 36.5 Å². The van der Waals surface area contributed by atoms with Crippen LogP contribution in [0, 0.1) is 0 Å². The summed E-state index contributed by atoms with van der Waals surface area (Å²) in [7, 11) is 0. The van der Waals surface area contributed by atoms with Gasteiger partial charge in [0.2, 0.25) is 0 Å². The van der Waals surface area contributed by atoms with Crippen molar-refractivity contribution in [2.75, 3.05) is 0 Å². The molecule has 0 bridgehead atoms. The van der Waals surface area contributed by atoms with Crippen LogP contribution in [-0.2, 0) is 0 Å². The van der Waals surface area contributed by atoms with Gasteiger partial charge in [0.1, 0.15) is 0 Å². The molecule has 0 aliphatic rings. The van der Waals surface area contributed by atoms with E-state index in [1.165, 1.54) is 6.20 Å². The minimum Gasteiger partial charge on any atom is -0.232 e. The molecule has 13 heavy (non-hydrogen) atoms. The maximum absolute atomic E-state index is 5.56. The lowest BCUT2D eigenvalue weighted by Gasteiger charge is -1.96. The maximum Gasteiger partial charge on any atom is 0.181 e. The molecule has 0 atom stereocenters. The normalized spacial score (nSPS) is 9.92. The second-order valence-corrected chi connectivity index (χ2v) is 2.86. The lowest BCUT2D eigenvalue weighted by Crippen LogP contribution is -1.90. The van der Waals surface area contributed by atoms with E-state index in [2.05, 4.69) is 15.2 Å². The van der Waals surface area contributed by atoms with Gasteiger partial charge in [-0.05, 0) is 0 Å². The van der Waals surface area contributed by atoms with Crippen molar-refractivity contribution in [1.82, 2.24) is 15.2 Å². The van der Waals surface area contributed by atoms with E-state index in [-0.39, 0.29) is 0 Å². The Kier molecular flexibility index (Phi) is 2.19. The van der Waals surface area contributed by atoms with Gasteiger partial charge in [-0.3, -0.25) is 0 Å². The van der Waals surface area contributed by atoms with E-state index in [0.717, 1.165) is 5.56 Å². The van der Waals surface area contributed by atoms with E-state index in [1.807, 2.05) is 30.3 Å². The first-order chi connectivity index (χ1) is 6.36. The van der Waals surface area contributed by atoms with Gasteiger partial charge in [0.25, 0.3) is 0 Å². The summed E-state index contributed by atoms with van der Waals surface area (Å²) >= 11 is 5.56. The van der Waals surface area contributed by atoms with Gasteiger partial charge >= 0.3 is 0 Å². The highest BCUT2D eigenvalue weighted by atomic mass is 35.5. The van der Waals surface area contributed by atoms with E-state index in [0.29, 0.717) is 11.0 Å². The Balaban J connectivity index is 2.42. The Labute approximate surface area is 80.4 Å². The van der Waals surface area contributed by atoms with Crippen LogP contribution >= 0.6 is 11.6 Å². The van der Waals surface area contributed by atoms with E-state index in [4.69, 9.17) is 11.6 Å². The molecular weight excluding hydrogens is 186 g/mol. The van der Waals surface area contributed by atoms with Gasteiger partial charge in [0.05, 0.1) is 6.20 Å². The van der Waals surface area contributed by atoms with Gasteiger partial charge in [-0.15, -0.1) is 10.2 Å². The van der Waals surface area contributed by atoms with Crippen LogP contribution < -0.4 is 0 Å². The average molecular weight is 192 g/mol. The van der Waals surface area contributed by atoms with Crippen molar-refractivity contribution in [1.29, 1.82) is 0 Å². The number of aromatic nitrogens is 3. The van der Waals surface area contributed by atoms with Crippen molar-refractivity contribution in [2.45, 2.75) is 0 Å². The van der Waals surface area contributed by atoms with Crippen LogP contribution in [0.2, 0.25) is 5.15 Å². The lowest BCUT2D eigenvalue weighted by atomic mass is 10.2. The van der Waals surface area contributed by atoms with E-state index < -0.39 is 0 Å². The number of halogens is 1. The molecule has 0 aliphatic heterocycles. The summed E-state index contributed by atoms with van der Waals surface area (Å²) in [5, 5.41) is 7.87. The zero-order chi connectivity index (χ0) is 9.10. The van der Waals surface area contributed by atoms with Crippen molar-refractivity contribution in [3.63, 3.8) is 0 Å². The quantitative estimate of drug-likeness (QED) is 0.694. The molecular formula is C9H6ClN3. The molecule has 64 valence electrons. The highest BCUT2D eigenvalue weighted by Gasteiger charge is 1.99. The van der Waals surface area contributed by atoms with Crippen molar-refractivity contribution in [3.05, 3.63) is 41.7 Å². The Morgan fingerprint density at radius 1 is 1.00 bits per heavy atom. The van der Waals surface area contributed by atoms with Crippen LogP contribution in [0.3, 0.4) is 0 Å². The second kappa shape index (κ2) is 3.49. The van der Waals surface area contributed by atoms with Gasteiger partial charge in [0.15, 0.2) is 11.0 Å². The minimum absolute atomic E-state index is 0.305. The fraction of sp³-hybridized carbons (Fsp3) is 0.